The van der Waals surface area contributed by atoms with E-state index in [9.17, 15) is 4.79 Å². The normalized spacial score (nSPS) is 12.1. The first-order chi connectivity index (χ1) is 16.4. The summed E-state index contributed by atoms with van der Waals surface area (Å²) in [5.74, 6) is -0.943. The molecule has 3 aromatic carbocycles. The Hall–Kier alpha value is -3.74. The number of halogens is 2. The van der Waals surface area contributed by atoms with Gasteiger partial charge in [-0.2, -0.15) is 5.10 Å². The molecule has 5 rings (SSSR count). The number of benzene rings is 3. The van der Waals surface area contributed by atoms with Gasteiger partial charge in [-0.1, -0.05) is 41.4 Å². The van der Waals surface area contributed by atoms with Gasteiger partial charge in [0.05, 0.1) is 40.2 Å². The molecule has 8 heteroatoms. The molecule has 0 aliphatic heterocycles. The summed E-state index contributed by atoms with van der Waals surface area (Å²) in [7, 11) is 0. The molecule has 1 atom stereocenters. The molecule has 0 fully saturated rings. The number of hydrogen-bond acceptors (Lipinski definition) is 4. The quantitative estimate of drug-likeness (QED) is 0.295. The van der Waals surface area contributed by atoms with Crippen LogP contribution in [0.25, 0.3) is 33.5 Å². The smallest absolute Gasteiger partial charge is 0.335 e. The summed E-state index contributed by atoms with van der Waals surface area (Å²) < 4.78 is 1.85. The van der Waals surface area contributed by atoms with Gasteiger partial charge in [0, 0.05) is 27.4 Å². The van der Waals surface area contributed by atoms with Crippen molar-refractivity contribution in [1.29, 1.82) is 0 Å². The van der Waals surface area contributed by atoms with Crippen LogP contribution in [0, 0.1) is 0 Å². The van der Waals surface area contributed by atoms with E-state index in [4.69, 9.17) is 38.4 Å². The second kappa shape index (κ2) is 8.89. The predicted molar refractivity (Wildman–Crippen MR) is 133 cm³/mol. The fourth-order valence-electron chi connectivity index (χ4n) is 3.78. The van der Waals surface area contributed by atoms with E-state index in [0.717, 1.165) is 33.4 Å². The largest absolute Gasteiger partial charge is 0.478 e. The Morgan fingerprint density at radius 1 is 0.882 bits per heavy atom. The highest BCUT2D eigenvalue weighted by molar-refractivity contribution is 6.35. The highest BCUT2D eigenvalue weighted by Gasteiger charge is 2.13. The molecule has 5 aromatic rings. The lowest BCUT2D eigenvalue weighted by atomic mass is 10.1. The minimum Gasteiger partial charge on any atom is -0.478 e. The van der Waals surface area contributed by atoms with Crippen LogP contribution in [0.3, 0.4) is 0 Å². The van der Waals surface area contributed by atoms with E-state index in [1.165, 1.54) is 0 Å². The van der Waals surface area contributed by atoms with E-state index in [0.29, 0.717) is 15.7 Å². The first kappa shape index (κ1) is 22.1. The van der Waals surface area contributed by atoms with Crippen LogP contribution in [0.2, 0.25) is 10.0 Å². The van der Waals surface area contributed by atoms with Crippen LogP contribution in [-0.4, -0.2) is 30.8 Å². The van der Waals surface area contributed by atoms with Crippen LogP contribution < -0.4 is 0 Å². The molecule has 0 bridgehead atoms. The number of nitrogens with zero attached hydrogens (tertiary/aromatic N) is 4. The van der Waals surface area contributed by atoms with Gasteiger partial charge in [0.2, 0.25) is 0 Å². The van der Waals surface area contributed by atoms with Gasteiger partial charge in [-0.05, 0) is 61.0 Å². The average molecular weight is 489 g/mol. The first-order valence-electron chi connectivity index (χ1n) is 10.5. The number of carboxylic acid groups (broad SMARTS) is 1. The fraction of sp³-hybridized carbons (Fsp3) is 0.0769. The van der Waals surface area contributed by atoms with E-state index in [1.807, 2.05) is 54.2 Å². The van der Waals surface area contributed by atoms with E-state index >= 15 is 0 Å². The maximum absolute atomic E-state index is 11.1. The molecule has 0 spiro atoms. The molecule has 0 aliphatic carbocycles. The minimum absolute atomic E-state index is 0.0592. The van der Waals surface area contributed by atoms with Gasteiger partial charge in [0.25, 0.3) is 0 Å². The zero-order valence-corrected chi connectivity index (χ0v) is 19.5. The van der Waals surface area contributed by atoms with Crippen LogP contribution in [0.15, 0.2) is 79.1 Å². The summed E-state index contributed by atoms with van der Waals surface area (Å²) in [5.41, 5.74) is 5.92. The topological polar surface area (TPSA) is 80.9 Å². The van der Waals surface area contributed by atoms with E-state index in [2.05, 4.69) is 4.98 Å². The highest BCUT2D eigenvalue weighted by Crippen LogP contribution is 2.28. The Morgan fingerprint density at radius 3 is 2.32 bits per heavy atom. The zero-order valence-electron chi connectivity index (χ0n) is 18.0. The Morgan fingerprint density at radius 2 is 1.62 bits per heavy atom. The molecular weight excluding hydrogens is 471 g/mol. The van der Waals surface area contributed by atoms with Crippen molar-refractivity contribution in [1.82, 2.24) is 19.7 Å². The molecule has 0 amide bonds. The number of aromatic carboxylic acids is 1. The third-order valence-electron chi connectivity index (χ3n) is 5.64. The van der Waals surface area contributed by atoms with Gasteiger partial charge in [-0.25, -0.2) is 9.78 Å². The van der Waals surface area contributed by atoms with E-state index in [1.54, 1.807) is 36.5 Å². The SMILES string of the molecule is CC(c1ccc(C(=O)O)cc1)n1ccc(-c2ccc3ncc(-c4cc(Cl)cc(Cl)c4)nc3c2)n1. The molecule has 0 saturated carbocycles. The number of rotatable bonds is 5. The Balaban J connectivity index is 1.45. The standard InChI is InChI=1S/C26H18Cl2N4O2/c1-15(16-2-4-17(5-3-16)26(33)34)32-9-8-22(31-32)18-6-7-23-24(12-18)30-25(14-29-23)19-10-20(27)13-21(28)11-19/h2-15H,1H3,(H,33,34). The molecule has 34 heavy (non-hydrogen) atoms. The van der Waals surface area contributed by atoms with Gasteiger partial charge in [-0.3, -0.25) is 9.67 Å². The maximum atomic E-state index is 11.1. The predicted octanol–water partition coefficient (Wildman–Crippen LogP) is 6.77. The summed E-state index contributed by atoms with van der Waals surface area (Å²) in [6, 6.07) is 19.8. The van der Waals surface area contributed by atoms with Crippen LogP contribution in [0.1, 0.15) is 28.9 Å². The molecule has 0 aliphatic rings. The Labute approximate surface area is 205 Å². The van der Waals surface area contributed by atoms with Crippen LogP contribution in [0.5, 0.6) is 0 Å². The number of carboxylic acids is 1. The lowest BCUT2D eigenvalue weighted by Crippen LogP contribution is -2.08. The Kier molecular flexibility index (Phi) is 5.77. The van der Waals surface area contributed by atoms with Gasteiger partial charge in [0.1, 0.15) is 0 Å². The summed E-state index contributed by atoms with van der Waals surface area (Å²) in [5, 5.41) is 14.9. The molecular formula is C26H18Cl2N4O2. The molecule has 0 saturated heterocycles. The molecule has 1 N–H and O–H groups in total. The lowest BCUT2D eigenvalue weighted by molar-refractivity contribution is 0.0697. The van der Waals surface area contributed by atoms with Crippen molar-refractivity contribution in [2.75, 3.05) is 0 Å². The van der Waals surface area contributed by atoms with Gasteiger partial charge in [0.15, 0.2) is 0 Å². The van der Waals surface area contributed by atoms with Gasteiger partial charge in [-0.15, -0.1) is 0 Å². The van der Waals surface area contributed by atoms with Crippen molar-refractivity contribution in [3.05, 3.63) is 100 Å². The molecule has 1 unspecified atom stereocenters. The Bertz CT molecular complexity index is 1510. The average Bonchev–Trinajstić information content (AvgIpc) is 3.33. The number of carbonyl (C=O) groups is 1. The molecule has 0 radical (unpaired) electrons. The van der Waals surface area contributed by atoms with Crippen molar-refractivity contribution in [3.63, 3.8) is 0 Å². The summed E-state index contributed by atoms with van der Waals surface area (Å²) in [6.45, 7) is 2.01. The van der Waals surface area contributed by atoms with Crippen molar-refractivity contribution in [2.45, 2.75) is 13.0 Å². The molecule has 6 nitrogen and oxygen atoms in total. The number of fused-ring (bicyclic) bond motifs is 1. The van der Waals surface area contributed by atoms with Crippen LogP contribution >= 0.6 is 23.2 Å². The molecule has 2 heterocycles. The van der Waals surface area contributed by atoms with Crippen molar-refractivity contribution < 1.29 is 9.90 Å². The minimum atomic E-state index is -0.943. The first-order valence-corrected chi connectivity index (χ1v) is 11.2. The summed E-state index contributed by atoms with van der Waals surface area (Å²) in [6.07, 6.45) is 3.61. The summed E-state index contributed by atoms with van der Waals surface area (Å²) in [4.78, 5) is 20.4. The number of hydrogen-bond donors (Lipinski definition) is 1. The van der Waals surface area contributed by atoms with Crippen molar-refractivity contribution >= 4 is 40.2 Å². The third-order valence-corrected chi connectivity index (χ3v) is 6.08. The second-order valence-corrected chi connectivity index (χ2v) is 8.77. The van der Waals surface area contributed by atoms with Crippen LogP contribution in [-0.2, 0) is 0 Å². The third kappa shape index (κ3) is 4.38. The van der Waals surface area contributed by atoms with E-state index in [-0.39, 0.29) is 11.6 Å². The second-order valence-electron chi connectivity index (χ2n) is 7.90. The molecule has 2 aromatic heterocycles. The van der Waals surface area contributed by atoms with Crippen molar-refractivity contribution in [3.8, 4) is 22.5 Å². The van der Waals surface area contributed by atoms with Gasteiger partial charge < -0.3 is 5.11 Å². The van der Waals surface area contributed by atoms with Crippen LogP contribution in [0.4, 0.5) is 0 Å². The summed E-state index contributed by atoms with van der Waals surface area (Å²) >= 11 is 12.3. The fourth-order valence-corrected chi connectivity index (χ4v) is 4.30. The number of aromatic nitrogens is 4. The molecule has 168 valence electrons. The zero-order chi connectivity index (χ0) is 23.8. The highest BCUT2D eigenvalue weighted by atomic mass is 35.5. The monoisotopic (exact) mass is 488 g/mol. The van der Waals surface area contributed by atoms with Gasteiger partial charge >= 0.3 is 5.97 Å². The lowest BCUT2D eigenvalue weighted by Gasteiger charge is -2.13. The van der Waals surface area contributed by atoms with Crippen molar-refractivity contribution in [2.24, 2.45) is 0 Å². The van der Waals surface area contributed by atoms with E-state index < -0.39 is 5.97 Å². The maximum Gasteiger partial charge on any atom is 0.335 e.